The predicted molar refractivity (Wildman–Crippen MR) is 204 cm³/mol. The van der Waals surface area contributed by atoms with E-state index in [2.05, 4.69) is 47.2 Å². The molecule has 2 aromatic rings. The molecule has 2 bridgehead atoms. The fourth-order valence-electron chi connectivity index (χ4n) is 10.6. The van der Waals surface area contributed by atoms with Gasteiger partial charge < -0.3 is 34.7 Å². The number of anilines is 2. The van der Waals surface area contributed by atoms with Crippen LogP contribution in [0.3, 0.4) is 0 Å². The molecule has 3 saturated carbocycles. The third kappa shape index (κ3) is 6.74. The molecular weight excluding hydrogens is 695 g/mol. The summed E-state index contributed by atoms with van der Waals surface area (Å²) in [4.78, 5) is 58.1. The van der Waals surface area contributed by atoms with Crippen LogP contribution in [0.5, 0.6) is 0 Å². The molecule has 2 aliphatic heterocycles. The topological polar surface area (TPSA) is 166 Å². The zero-order valence-corrected chi connectivity index (χ0v) is 32.6. The minimum Gasteiger partial charge on any atom is -0.461 e. The summed E-state index contributed by atoms with van der Waals surface area (Å²) in [5, 5.41) is 12.0. The third-order valence-corrected chi connectivity index (χ3v) is 15.5. The van der Waals surface area contributed by atoms with Crippen molar-refractivity contribution in [2.75, 3.05) is 55.8 Å². The number of aryl methyl sites for hydroxylation is 1. The quantitative estimate of drug-likeness (QED) is 0.277. The van der Waals surface area contributed by atoms with E-state index in [0.29, 0.717) is 82.2 Å². The van der Waals surface area contributed by atoms with Gasteiger partial charge in [0.2, 0.25) is 11.9 Å². The van der Waals surface area contributed by atoms with Crippen molar-refractivity contribution in [2.45, 2.75) is 103 Å². The van der Waals surface area contributed by atoms with E-state index >= 15 is 0 Å². The molecule has 5 aliphatic rings. The van der Waals surface area contributed by atoms with Crippen molar-refractivity contribution in [3.63, 3.8) is 0 Å². The van der Waals surface area contributed by atoms with E-state index in [1.54, 1.807) is 18.1 Å². The van der Waals surface area contributed by atoms with Crippen LogP contribution in [0.25, 0.3) is 11.2 Å². The number of aromatic nitrogens is 4. The smallest absolute Gasteiger partial charge is 0.316 e. The van der Waals surface area contributed by atoms with Crippen LogP contribution in [-0.4, -0.2) is 110 Å². The fraction of sp³-hybridized carbons (Fsp3) is 0.744. The van der Waals surface area contributed by atoms with Crippen molar-refractivity contribution >= 4 is 52.4 Å². The van der Waals surface area contributed by atoms with Crippen molar-refractivity contribution in [1.82, 2.24) is 24.4 Å². The van der Waals surface area contributed by atoms with E-state index < -0.39 is 23.0 Å². The summed E-state index contributed by atoms with van der Waals surface area (Å²) in [5.74, 6) is 1.02. The minimum atomic E-state index is -0.685. The summed E-state index contributed by atoms with van der Waals surface area (Å²) in [5.41, 5.74) is 5.89. The highest BCUT2D eigenvalue weighted by Crippen LogP contribution is 2.68. The van der Waals surface area contributed by atoms with Gasteiger partial charge in [0.15, 0.2) is 17.0 Å². The molecule has 4 heterocycles. The number of esters is 1. The van der Waals surface area contributed by atoms with Crippen molar-refractivity contribution in [2.24, 2.45) is 34.0 Å². The van der Waals surface area contributed by atoms with E-state index in [0.717, 1.165) is 32.1 Å². The number of piperidine rings is 1. The number of aliphatic hydroxyl groups excluding tert-OH is 1. The number of nitrogen functional groups attached to an aromatic ring is 1. The molecule has 3 N–H and O–H groups in total. The molecule has 53 heavy (non-hydrogen) atoms. The zero-order valence-electron chi connectivity index (χ0n) is 31.8. The number of nitrogens with zero attached hydrogens (tertiary/aromatic N) is 6. The molecule has 0 radical (unpaired) electrons. The Bertz CT molecular complexity index is 1720. The van der Waals surface area contributed by atoms with E-state index in [9.17, 15) is 19.5 Å². The van der Waals surface area contributed by atoms with Gasteiger partial charge in [-0.25, -0.2) is 4.98 Å². The highest BCUT2D eigenvalue weighted by Gasteiger charge is 2.68. The monoisotopic (exact) mass is 751 g/mol. The van der Waals surface area contributed by atoms with Crippen LogP contribution in [0.2, 0.25) is 0 Å². The zero-order chi connectivity index (χ0) is 37.7. The number of imidazole rings is 1. The second kappa shape index (κ2) is 14.8. The van der Waals surface area contributed by atoms with Crippen molar-refractivity contribution < 1.29 is 29.0 Å². The number of hydrogen-bond acceptors (Lipinski definition) is 12. The van der Waals surface area contributed by atoms with Gasteiger partial charge in [0, 0.05) is 67.6 Å². The maximum atomic E-state index is 13.7. The Kier molecular flexibility index (Phi) is 10.6. The summed E-state index contributed by atoms with van der Waals surface area (Å²) in [6.07, 6.45) is 7.82. The van der Waals surface area contributed by atoms with Gasteiger partial charge in [-0.15, -0.1) is 18.3 Å². The average Bonchev–Trinajstić information content (AvgIpc) is 3.74. The van der Waals surface area contributed by atoms with Crippen molar-refractivity contribution in [3.8, 4) is 0 Å². The first-order valence-electron chi connectivity index (χ1n) is 19.5. The number of aliphatic hydroxyl groups is 1. The second-order valence-electron chi connectivity index (χ2n) is 16.8. The minimum absolute atomic E-state index is 0.0628. The number of amides is 1. The normalized spacial score (nSPS) is 35.1. The van der Waals surface area contributed by atoms with Crippen LogP contribution in [0.1, 0.15) is 79.1 Å². The number of thioether (sulfide) groups is 1. The average molecular weight is 752 g/mol. The lowest BCUT2D eigenvalue weighted by atomic mass is 9.44. The van der Waals surface area contributed by atoms with E-state index in [1.165, 1.54) is 0 Å². The summed E-state index contributed by atoms with van der Waals surface area (Å²) < 4.78 is 13.8. The Morgan fingerprint density at radius 1 is 1.13 bits per heavy atom. The number of Topliss-reactive ketones (excluding diaryl/α,β-unsaturated/α-hetero) is 1. The maximum Gasteiger partial charge on any atom is 0.316 e. The first-order chi connectivity index (χ1) is 25.3. The molecule has 8 atom stereocenters. The molecule has 290 valence electrons. The Morgan fingerprint density at radius 3 is 2.58 bits per heavy atom. The summed E-state index contributed by atoms with van der Waals surface area (Å²) >= 11 is 1.59. The Hall–Kier alpha value is -3.23. The molecule has 3 aliphatic carbocycles. The number of hydrogen-bond donors (Lipinski definition) is 2. The van der Waals surface area contributed by atoms with Gasteiger partial charge in [-0.3, -0.25) is 14.4 Å². The third-order valence-electron chi connectivity index (χ3n) is 14.1. The lowest BCUT2D eigenvalue weighted by molar-refractivity contribution is -0.205. The Morgan fingerprint density at radius 2 is 1.87 bits per heavy atom. The van der Waals surface area contributed by atoms with Gasteiger partial charge >= 0.3 is 5.97 Å². The van der Waals surface area contributed by atoms with Crippen LogP contribution < -0.4 is 10.6 Å². The lowest BCUT2D eigenvalue weighted by Gasteiger charge is -2.61. The Balaban J connectivity index is 0.941. The summed E-state index contributed by atoms with van der Waals surface area (Å²) in [7, 11) is 0. The molecule has 0 aromatic carbocycles. The van der Waals surface area contributed by atoms with Gasteiger partial charge in [0.1, 0.15) is 11.9 Å². The highest BCUT2D eigenvalue weighted by atomic mass is 32.2. The molecule has 2 saturated heterocycles. The lowest BCUT2D eigenvalue weighted by Crippen LogP contribution is -2.63. The van der Waals surface area contributed by atoms with Gasteiger partial charge in [-0.1, -0.05) is 33.8 Å². The molecule has 14 heteroatoms. The van der Waals surface area contributed by atoms with Gasteiger partial charge in [0.25, 0.3) is 0 Å². The number of morpholine rings is 1. The van der Waals surface area contributed by atoms with Gasteiger partial charge in [0.05, 0.1) is 31.4 Å². The number of carbonyl (C=O) groups excluding carboxylic acids is 3. The highest BCUT2D eigenvalue weighted by molar-refractivity contribution is 8.00. The molecule has 5 fully saturated rings. The van der Waals surface area contributed by atoms with E-state index in [4.69, 9.17) is 15.2 Å². The van der Waals surface area contributed by atoms with Crippen LogP contribution in [0.4, 0.5) is 11.8 Å². The standard InChI is InChI=1S/C39H57N7O6S/c1-6-37(4)21-28(38(5)24(2)7-12-39(25(3)33(37)50)13-8-27(47)32(38)39)52-30(49)22-53-26-9-14-44(15-10-26)29(48)11-16-46-23-41-31-34(42-36(40)43-35(31)46)45-17-19-51-20-18-45/h6,23-26,28,32-33,50H,1,7-22H2,2-5H3,(H2,40,42,43)/t24-,25+,28-,32-,33+,37-,38+,39+/m1/s1. The molecule has 7 rings (SSSR count). The second-order valence-corrected chi connectivity index (χ2v) is 18.1. The first kappa shape index (κ1) is 38.1. The largest absolute Gasteiger partial charge is 0.461 e. The van der Waals surface area contributed by atoms with Crippen LogP contribution in [-0.2, 0) is 30.4 Å². The van der Waals surface area contributed by atoms with Crippen LogP contribution in [0.15, 0.2) is 19.0 Å². The molecular formula is C39H57N7O6S. The molecule has 2 aromatic heterocycles. The molecule has 1 amide bonds. The van der Waals surface area contributed by atoms with Gasteiger partial charge in [-0.05, 0) is 55.8 Å². The molecule has 13 nitrogen and oxygen atoms in total. The summed E-state index contributed by atoms with van der Waals surface area (Å²) in [6, 6.07) is 0. The number of ether oxygens (including phenoxy) is 2. The Labute approximate surface area is 316 Å². The van der Waals surface area contributed by atoms with E-state index in [-0.39, 0.29) is 57.8 Å². The predicted octanol–water partition coefficient (Wildman–Crippen LogP) is 4.27. The molecule has 0 unspecified atom stereocenters. The van der Waals surface area contributed by atoms with E-state index in [1.807, 2.05) is 22.5 Å². The molecule has 0 spiro atoms. The number of ketones is 1. The van der Waals surface area contributed by atoms with Crippen molar-refractivity contribution in [1.29, 1.82) is 0 Å². The number of nitrogens with two attached hydrogens (primary N) is 1. The summed E-state index contributed by atoms with van der Waals surface area (Å²) in [6.45, 7) is 17.0. The number of likely N-dealkylation sites (tertiary alicyclic amines) is 1. The number of rotatable bonds is 9. The SMILES string of the molecule is C=C[C@]1(C)C[C@@H](OC(=O)CSC2CCN(C(=O)CCn3cnc4c(N5CCOCC5)nc(N)nc43)CC2)[C@]2(C)[C@H](C)CC[C@]3(CCC(=O)[C@@H]32)[C@@H](C)[C@@H]1O. The fourth-order valence-corrected chi connectivity index (χ4v) is 11.6. The van der Waals surface area contributed by atoms with Gasteiger partial charge in [-0.2, -0.15) is 9.97 Å². The van der Waals surface area contributed by atoms with Crippen molar-refractivity contribution in [3.05, 3.63) is 19.0 Å². The number of carbonyl (C=O) groups is 3. The maximum absolute atomic E-state index is 13.7. The number of fused-ring (bicyclic) bond motifs is 1. The van der Waals surface area contributed by atoms with Crippen LogP contribution in [0, 0.1) is 34.0 Å². The van der Waals surface area contributed by atoms with Crippen LogP contribution >= 0.6 is 11.8 Å². The first-order valence-corrected chi connectivity index (χ1v) is 20.6.